The molecule has 25 heavy (non-hydrogen) atoms. The van der Waals surface area contributed by atoms with Gasteiger partial charge in [0.1, 0.15) is 0 Å². The standard InChI is InChI=1S/C19H18Cl2N2O2/c1-12-2-7-16(9-17(12)21)22-19(25)14-8-18(24)23(11-14)10-13-3-5-15(20)6-4-13/h2-7,9,14H,8,10-11H2,1H3,(H,22,25). The van der Waals surface area contributed by atoms with Gasteiger partial charge in [0.25, 0.3) is 0 Å². The zero-order chi connectivity index (χ0) is 18.0. The Bertz CT molecular complexity index is 806. The molecule has 2 aromatic carbocycles. The van der Waals surface area contributed by atoms with Crippen LogP contribution < -0.4 is 5.32 Å². The summed E-state index contributed by atoms with van der Waals surface area (Å²) >= 11 is 12.0. The summed E-state index contributed by atoms with van der Waals surface area (Å²) in [6.07, 6.45) is 0.221. The summed E-state index contributed by atoms with van der Waals surface area (Å²) in [7, 11) is 0. The Morgan fingerprint density at radius 1 is 1.20 bits per heavy atom. The van der Waals surface area contributed by atoms with E-state index in [0.29, 0.717) is 28.8 Å². The molecule has 130 valence electrons. The van der Waals surface area contributed by atoms with Crippen molar-refractivity contribution in [3.05, 3.63) is 63.6 Å². The van der Waals surface area contributed by atoms with Crippen LogP contribution in [0.1, 0.15) is 17.5 Å². The predicted molar refractivity (Wildman–Crippen MR) is 99.8 cm³/mol. The predicted octanol–water partition coefficient (Wildman–Crippen LogP) is 4.29. The zero-order valence-corrected chi connectivity index (χ0v) is 15.3. The van der Waals surface area contributed by atoms with E-state index in [1.165, 1.54) is 0 Å². The van der Waals surface area contributed by atoms with Crippen LogP contribution in [0.4, 0.5) is 5.69 Å². The zero-order valence-electron chi connectivity index (χ0n) is 13.8. The maximum atomic E-state index is 12.4. The van der Waals surface area contributed by atoms with Crippen LogP contribution >= 0.6 is 23.2 Å². The van der Waals surface area contributed by atoms with Crippen molar-refractivity contribution < 1.29 is 9.59 Å². The number of likely N-dealkylation sites (tertiary alicyclic amines) is 1. The van der Waals surface area contributed by atoms with Gasteiger partial charge in [-0.25, -0.2) is 0 Å². The third-order valence-electron chi connectivity index (χ3n) is 4.31. The Morgan fingerprint density at radius 3 is 2.60 bits per heavy atom. The Kier molecular flexibility index (Phi) is 5.30. The van der Waals surface area contributed by atoms with Crippen molar-refractivity contribution in [3.63, 3.8) is 0 Å². The van der Waals surface area contributed by atoms with Crippen LogP contribution in [0, 0.1) is 12.8 Å². The molecule has 1 fully saturated rings. The average Bonchev–Trinajstić information content (AvgIpc) is 2.94. The van der Waals surface area contributed by atoms with E-state index in [9.17, 15) is 9.59 Å². The van der Waals surface area contributed by atoms with Crippen LogP contribution in [0.2, 0.25) is 10.0 Å². The molecule has 6 heteroatoms. The molecule has 2 aromatic rings. The largest absolute Gasteiger partial charge is 0.338 e. The number of carbonyl (C=O) groups excluding carboxylic acids is 2. The van der Waals surface area contributed by atoms with Crippen LogP contribution in [-0.2, 0) is 16.1 Å². The topological polar surface area (TPSA) is 49.4 Å². The lowest BCUT2D eigenvalue weighted by atomic mass is 10.1. The Morgan fingerprint density at radius 2 is 1.92 bits per heavy atom. The number of anilines is 1. The second-order valence-corrected chi connectivity index (χ2v) is 7.10. The number of rotatable bonds is 4. The van der Waals surface area contributed by atoms with E-state index < -0.39 is 0 Å². The van der Waals surface area contributed by atoms with Crippen molar-refractivity contribution in [2.45, 2.75) is 19.9 Å². The van der Waals surface area contributed by atoms with E-state index in [2.05, 4.69) is 5.32 Å². The SMILES string of the molecule is Cc1ccc(NC(=O)C2CC(=O)N(Cc3ccc(Cl)cc3)C2)cc1Cl. The molecule has 1 heterocycles. The summed E-state index contributed by atoms with van der Waals surface area (Å²) in [5.41, 5.74) is 2.58. The summed E-state index contributed by atoms with van der Waals surface area (Å²) in [6.45, 7) is 2.79. The quantitative estimate of drug-likeness (QED) is 0.864. The number of aryl methyl sites for hydroxylation is 1. The molecule has 2 amide bonds. The van der Waals surface area contributed by atoms with E-state index in [0.717, 1.165) is 11.1 Å². The summed E-state index contributed by atoms with van der Waals surface area (Å²) in [4.78, 5) is 26.4. The number of nitrogens with one attached hydrogen (secondary N) is 1. The van der Waals surface area contributed by atoms with Crippen molar-refractivity contribution >= 4 is 40.7 Å². The molecular weight excluding hydrogens is 359 g/mol. The molecule has 4 nitrogen and oxygen atoms in total. The minimum atomic E-state index is -0.361. The smallest absolute Gasteiger partial charge is 0.229 e. The van der Waals surface area contributed by atoms with Gasteiger partial charge in [0.2, 0.25) is 11.8 Å². The number of hydrogen-bond acceptors (Lipinski definition) is 2. The number of benzene rings is 2. The fourth-order valence-corrected chi connectivity index (χ4v) is 3.13. The summed E-state index contributed by atoms with van der Waals surface area (Å²) in [6, 6.07) is 12.7. The molecule has 0 aliphatic carbocycles. The molecule has 0 spiro atoms. The van der Waals surface area contributed by atoms with Gasteiger partial charge < -0.3 is 10.2 Å². The van der Waals surface area contributed by atoms with Gasteiger partial charge in [0.15, 0.2) is 0 Å². The highest BCUT2D eigenvalue weighted by Crippen LogP contribution is 2.24. The fourth-order valence-electron chi connectivity index (χ4n) is 2.83. The first-order valence-electron chi connectivity index (χ1n) is 8.01. The second-order valence-electron chi connectivity index (χ2n) is 6.25. The number of hydrogen-bond donors (Lipinski definition) is 1. The highest BCUT2D eigenvalue weighted by Gasteiger charge is 2.34. The van der Waals surface area contributed by atoms with E-state index in [-0.39, 0.29) is 24.2 Å². The first kappa shape index (κ1) is 17.8. The van der Waals surface area contributed by atoms with Crippen molar-refractivity contribution in [3.8, 4) is 0 Å². The number of nitrogens with zero attached hydrogens (tertiary/aromatic N) is 1. The van der Waals surface area contributed by atoms with Crippen LogP contribution in [-0.4, -0.2) is 23.3 Å². The summed E-state index contributed by atoms with van der Waals surface area (Å²) < 4.78 is 0. The molecule has 1 aliphatic rings. The van der Waals surface area contributed by atoms with Gasteiger partial charge in [-0.1, -0.05) is 41.4 Å². The second kappa shape index (κ2) is 7.46. The highest BCUT2D eigenvalue weighted by molar-refractivity contribution is 6.31. The van der Waals surface area contributed by atoms with Gasteiger partial charge in [-0.15, -0.1) is 0 Å². The van der Waals surface area contributed by atoms with Crippen molar-refractivity contribution in [1.29, 1.82) is 0 Å². The third-order valence-corrected chi connectivity index (χ3v) is 4.97. The molecular formula is C19H18Cl2N2O2. The highest BCUT2D eigenvalue weighted by atomic mass is 35.5. The van der Waals surface area contributed by atoms with Gasteiger partial charge in [-0.2, -0.15) is 0 Å². The third kappa shape index (κ3) is 4.33. The molecule has 1 unspecified atom stereocenters. The molecule has 1 atom stereocenters. The first-order chi connectivity index (χ1) is 11.9. The molecule has 3 rings (SSSR count). The van der Waals surface area contributed by atoms with Crippen molar-refractivity contribution in [2.24, 2.45) is 5.92 Å². The lowest BCUT2D eigenvalue weighted by molar-refractivity contribution is -0.128. The van der Waals surface area contributed by atoms with E-state index in [4.69, 9.17) is 23.2 Å². The maximum Gasteiger partial charge on any atom is 0.229 e. The van der Waals surface area contributed by atoms with Crippen molar-refractivity contribution in [2.75, 3.05) is 11.9 Å². The van der Waals surface area contributed by atoms with E-state index in [1.807, 2.05) is 25.1 Å². The van der Waals surface area contributed by atoms with E-state index in [1.54, 1.807) is 29.2 Å². The average molecular weight is 377 g/mol. The van der Waals surface area contributed by atoms with Crippen molar-refractivity contribution in [1.82, 2.24) is 4.90 Å². The van der Waals surface area contributed by atoms with Gasteiger partial charge >= 0.3 is 0 Å². The molecule has 1 aliphatic heterocycles. The van der Waals surface area contributed by atoms with Gasteiger partial charge in [0, 0.05) is 35.2 Å². The van der Waals surface area contributed by atoms with Crippen LogP contribution in [0.15, 0.2) is 42.5 Å². The normalized spacial score (nSPS) is 17.0. The Hall–Kier alpha value is -2.04. The Balaban J connectivity index is 1.62. The minimum Gasteiger partial charge on any atom is -0.338 e. The van der Waals surface area contributed by atoms with Gasteiger partial charge in [0.05, 0.1) is 5.92 Å². The first-order valence-corrected chi connectivity index (χ1v) is 8.77. The van der Waals surface area contributed by atoms with Crippen LogP contribution in [0.5, 0.6) is 0 Å². The maximum absolute atomic E-state index is 12.4. The monoisotopic (exact) mass is 376 g/mol. The lowest BCUT2D eigenvalue weighted by Crippen LogP contribution is -2.28. The van der Waals surface area contributed by atoms with Crippen LogP contribution in [0.3, 0.4) is 0 Å². The van der Waals surface area contributed by atoms with Crippen LogP contribution in [0.25, 0.3) is 0 Å². The lowest BCUT2D eigenvalue weighted by Gasteiger charge is -2.17. The molecule has 0 saturated carbocycles. The number of halogens is 2. The van der Waals surface area contributed by atoms with E-state index >= 15 is 0 Å². The molecule has 0 radical (unpaired) electrons. The van der Waals surface area contributed by atoms with Gasteiger partial charge in [-0.3, -0.25) is 9.59 Å². The summed E-state index contributed by atoms with van der Waals surface area (Å²) in [5.74, 6) is -0.538. The fraction of sp³-hybridized carbons (Fsp3) is 0.263. The molecule has 1 N–H and O–H groups in total. The number of amides is 2. The summed E-state index contributed by atoms with van der Waals surface area (Å²) in [5, 5.41) is 4.10. The molecule has 0 bridgehead atoms. The molecule has 1 saturated heterocycles. The molecule has 0 aromatic heterocycles. The number of carbonyl (C=O) groups is 2. The minimum absolute atomic E-state index is 0.0166. The van der Waals surface area contributed by atoms with Gasteiger partial charge in [-0.05, 0) is 42.3 Å². The Labute approximate surface area is 156 Å².